The number of fused-ring (bicyclic) bond motifs is 1. The van der Waals surface area contributed by atoms with Crippen LogP contribution in [-0.4, -0.2) is 33.4 Å². The van der Waals surface area contributed by atoms with Crippen molar-refractivity contribution in [2.24, 2.45) is 0 Å². The zero-order valence-electron chi connectivity index (χ0n) is 15.1. The normalized spacial score (nSPS) is 16.1. The molecule has 1 aliphatic heterocycles. The first kappa shape index (κ1) is 18.0. The van der Waals surface area contributed by atoms with Crippen LogP contribution in [0.2, 0.25) is 0 Å². The van der Waals surface area contributed by atoms with Crippen LogP contribution in [0.25, 0.3) is 11.1 Å². The monoisotopic (exact) mass is 381 g/mol. The van der Waals surface area contributed by atoms with Gasteiger partial charge in [-0.2, -0.15) is 0 Å². The van der Waals surface area contributed by atoms with Crippen LogP contribution in [0.1, 0.15) is 22.8 Å². The lowest BCUT2D eigenvalue weighted by molar-refractivity contribution is 0.0645. The van der Waals surface area contributed by atoms with Crippen molar-refractivity contribution in [1.82, 2.24) is 14.9 Å². The van der Waals surface area contributed by atoms with Crippen molar-refractivity contribution in [3.8, 4) is 16.9 Å². The molecule has 1 aliphatic rings. The van der Waals surface area contributed by atoms with Gasteiger partial charge in [-0.25, -0.2) is 18.7 Å². The number of amides is 1. The number of nitrogens with zero attached hydrogens (tertiary/aromatic N) is 3. The SMILES string of the molecule is C[C@H]1COc2ccc(-c3cncnc3)cc2CN1C(=O)c1ccc(F)c(F)c1. The molecule has 0 aliphatic carbocycles. The van der Waals surface area contributed by atoms with Gasteiger partial charge in [0.15, 0.2) is 11.6 Å². The van der Waals surface area contributed by atoms with Gasteiger partial charge in [0.05, 0.1) is 12.6 Å². The van der Waals surface area contributed by atoms with Crippen molar-refractivity contribution in [3.63, 3.8) is 0 Å². The molecule has 0 N–H and O–H groups in total. The maximum absolute atomic E-state index is 13.6. The molecule has 0 radical (unpaired) electrons. The summed E-state index contributed by atoms with van der Waals surface area (Å²) < 4.78 is 32.7. The number of hydrogen-bond acceptors (Lipinski definition) is 4. The number of halogens is 2. The maximum atomic E-state index is 13.6. The third kappa shape index (κ3) is 3.43. The lowest BCUT2D eigenvalue weighted by atomic mass is 10.0. The summed E-state index contributed by atoms with van der Waals surface area (Å²) in [6, 6.07) is 8.63. The van der Waals surface area contributed by atoms with Crippen molar-refractivity contribution in [2.45, 2.75) is 19.5 Å². The van der Waals surface area contributed by atoms with E-state index >= 15 is 0 Å². The summed E-state index contributed by atoms with van der Waals surface area (Å²) in [7, 11) is 0. The van der Waals surface area contributed by atoms with Crippen LogP contribution < -0.4 is 4.74 Å². The van der Waals surface area contributed by atoms with E-state index in [0.29, 0.717) is 12.4 Å². The Hall–Kier alpha value is -3.35. The molecule has 1 aromatic heterocycles. The first-order valence-corrected chi connectivity index (χ1v) is 8.80. The van der Waals surface area contributed by atoms with Gasteiger partial charge in [-0.05, 0) is 42.8 Å². The summed E-state index contributed by atoms with van der Waals surface area (Å²) >= 11 is 0. The van der Waals surface area contributed by atoms with Crippen LogP contribution >= 0.6 is 0 Å². The molecule has 0 saturated heterocycles. The van der Waals surface area contributed by atoms with Gasteiger partial charge in [-0.15, -0.1) is 0 Å². The Morgan fingerprint density at radius 3 is 2.61 bits per heavy atom. The average Bonchev–Trinajstić information content (AvgIpc) is 2.88. The Morgan fingerprint density at radius 2 is 1.86 bits per heavy atom. The molecule has 3 aromatic rings. The Bertz CT molecular complexity index is 1030. The van der Waals surface area contributed by atoms with Gasteiger partial charge in [-0.3, -0.25) is 4.79 Å². The zero-order valence-corrected chi connectivity index (χ0v) is 15.1. The van der Waals surface area contributed by atoms with Gasteiger partial charge < -0.3 is 9.64 Å². The molecule has 142 valence electrons. The minimum Gasteiger partial charge on any atom is -0.491 e. The second-order valence-electron chi connectivity index (χ2n) is 6.67. The highest BCUT2D eigenvalue weighted by molar-refractivity contribution is 5.94. The third-order valence-electron chi connectivity index (χ3n) is 4.73. The summed E-state index contributed by atoms with van der Waals surface area (Å²) in [5.41, 5.74) is 2.67. The van der Waals surface area contributed by atoms with Crippen molar-refractivity contribution in [3.05, 3.63) is 77.9 Å². The minimum atomic E-state index is -1.05. The molecule has 1 amide bonds. The molecule has 2 heterocycles. The number of carbonyl (C=O) groups excluding carboxylic acids is 1. The number of ether oxygens (including phenoxy) is 1. The van der Waals surface area contributed by atoms with Gasteiger partial charge >= 0.3 is 0 Å². The second-order valence-corrected chi connectivity index (χ2v) is 6.67. The Labute approximate surface area is 160 Å². The minimum absolute atomic E-state index is 0.0989. The summed E-state index contributed by atoms with van der Waals surface area (Å²) in [5.74, 6) is -1.72. The number of carbonyl (C=O) groups is 1. The molecule has 4 rings (SSSR count). The van der Waals surface area contributed by atoms with Crippen molar-refractivity contribution >= 4 is 5.91 Å². The van der Waals surface area contributed by atoms with E-state index in [0.717, 1.165) is 28.8 Å². The molecule has 0 fully saturated rings. The quantitative estimate of drug-likeness (QED) is 0.677. The Kier molecular flexibility index (Phi) is 4.73. The molecule has 0 bridgehead atoms. The molecule has 28 heavy (non-hydrogen) atoms. The van der Waals surface area contributed by atoms with Gasteiger partial charge in [0.25, 0.3) is 5.91 Å². The highest BCUT2D eigenvalue weighted by atomic mass is 19.2. The third-order valence-corrected chi connectivity index (χ3v) is 4.73. The smallest absolute Gasteiger partial charge is 0.254 e. The molecular formula is C21H17F2N3O2. The van der Waals surface area contributed by atoms with E-state index in [-0.39, 0.29) is 24.1 Å². The predicted molar refractivity (Wildman–Crippen MR) is 98.7 cm³/mol. The van der Waals surface area contributed by atoms with Gasteiger partial charge in [0, 0.05) is 29.1 Å². The Balaban J connectivity index is 1.67. The van der Waals surface area contributed by atoms with E-state index in [4.69, 9.17) is 4.74 Å². The highest BCUT2D eigenvalue weighted by Gasteiger charge is 2.27. The van der Waals surface area contributed by atoms with E-state index in [1.807, 2.05) is 25.1 Å². The number of hydrogen-bond donors (Lipinski definition) is 0. The van der Waals surface area contributed by atoms with Crippen molar-refractivity contribution in [1.29, 1.82) is 0 Å². The molecular weight excluding hydrogens is 364 g/mol. The molecule has 7 heteroatoms. The molecule has 0 saturated carbocycles. The summed E-state index contributed by atoms with van der Waals surface area (Å²) in [5, 5.41) is 0. The van der Waals surface area contributed by atoms with Crippen LogP contribution in [0, 0.1) is 11.6 Å². The number of aromatic nitrogens is 2. The standard InChI is InChI=1S/C21H17F2N3O2/c1-13-11-28-20-5-3-14(17-8-24-12-25-9-17)6-16(20)10-26(13)21(27)15-2-4-18(22)19(23)7-15/h2-9,12-13H,10-11H2,1H3/t13-/m0/s1. The number of rotatable bonds is 2. The van der Waals surface area contributed by atoms with Crippen LogP contribution in [0.5, 0.6) is 5.75 Å². The van der Waals surface area contributed by atoms with Crippen LogP contribution in [0.3, 0.4) is 0 Å². The molecule has 1 atom stereocenters. The van der Waals surface area contributed by atoms with E-state index in [2.05, 4.69) is 9.97 Å². The zero-order chi connectivity index (χ0) is 19.7. The second kappa shape index (κ2) is 7.34. The van der Waals surface area contributed by atoms with Crippen molar-refractivity contribution < 1.29 is 18.3 Å². The fourth-order valence-electron chi connectivity index (χ4n) is 3.18. The van der Waals surface area contributed by atoms with Crippen LogP contribution in [0.4, 0.5) is 8.78 Å². The van der Waals surface area contributed by atoms with Gasteiger partial charge in [0.1, 0.15) is 18.7 Å². The van der Waals surface area contributed by atoms with Crippen LogP contribution in [-0.2, 0) is 6.54 Å². The van der Waals surface area contributed by atoms with E-state index < -0.39 is 11.6 Å². The largest absolute Gasteiger partial charge is 0.491 e. The van der Waals surface area contributed by atoms with Gasteiger partial charge in [-0.1, -0.05) is 6.07 Å². The first-order valence-electron chi connectivity index (χ1n) is 8.80. The molecule has 0 unspecified atom stereocenters. The van der Waals surface area contributed by atoms with Crippen molar-refractivity contribution in [2.75, 3.05) is 6.61 Å². The highest BCUT2D eigenvalue weighted by Crippen LogP contribution is 2.30. The molecule has 5 nitrogen and oxygen atoms in total. The van der Waals surface area contributed by atoms with E-state index in [9.17, 15) is 13.6 Å². The lowest BCUT2D eigenvalue weighted by Gasteiger charge is -2.26. The fourth-order valence-corrected chi connectivity index (χ4v) is 3.18. The van der Waals surface area contributed by atoms with E-state index in [1.54, 1.807) is 17.3 Å². The fraction of sp³-hybridized carbons (Fsp3) is 0.190. The van der Waals surface area contributed by atoms with Gasteiger partial charge in [0.2, 0.25) is 0 Å². The first-order chi connectivity index (χ1) is 13.5. The summed E-state index contributed by atoms with van der Waals surface area (Å²) in [4.78, 5) is 22.6. The molecule has 0 spiro atoms. The molecule has 2 aromatic carbocycles. The summed E-state index contributed by atoms with van der Waals surface area (Å²) in [6.45, 7) is 2.45. The van der Waals surface area contributed by atoms with E-state index in [1.165, 1.54) is 12.4 Å². The number of benzene rings is 2. The van der Waals surface area contributed by atoms with Crippen LogP contribution in [0.15, 0.2) is 55.1 Å². The Morgan fingerprint density at radius 1 is 1.07 bits per heavy atom. The lowest BCUT2D eigenvalue weighted by Crippen LogP contribution is -2.39. The predicted octanol–water partition coefficient (Wildman–Crippen LogP) is 3.85. The topological polar surface area (TPSA) is 55.3 Å². The summed E-state index contributed by atoms with van der Waals surface area (Å²) in [6.07, 6.45) is 4.87. The average molecular weight is 381 g/mol. The maximum Gasteiger partial charge on any atom is 0.254 e.